The van der Waals surface area contributed by atoms with Crippen LogP contribution >= 0.6 is 0 Å². The van der Waals surface area contributed by atoms with Crippen molar-refractivity contribution in [1.29, 1.82) is 0 Å². The predicted octanol–water partition coefficient (Wildman–Crippen LogP) is 0.453. The van der Waals surface area contributed by atoms with Crippen LogP contribution in [0.15, 0.2) is 12.2 Å². The van der Waals surface area contributed by atoms with E-state index in [1.807, 2.05) is 12.2 Å². The fourth-order valence-electron chi connectivity index (χ4n) is 1.24. The predicted molar refractivity (Wildman–Crippen MR) is 41.9 cm³/mol. The molecule has 11 heavy (non-hydrogen) atoms. The van der Waals surface area contributed by atoms with E-state index in [9.17, 15) is 4.79 Å². The SMILES string of the molecule is COC(=O)[C@@H]1C=CC[C@H](N)C1. The number of rotatable bonds is 1. The molecule has 0 aromatic heterocycles. The molecule has 0 unspecified atom stereocenters. The summed E-state index contributed by atoms with van der Waals surface area (Å²) in [7, 11) is 1.40. The molecule has 0 heterocycles. The molecule has 0 saturated heterocycles. The fraction of sp³-hybridized carbons (Fsp3) is 0.625. The van der Waals surface area contributed by atoms with E-state index in [1.165, 1.54) is 7.11 Å². The number of esters is 1. The monoisotopic (exact) mass is 155 g/mol. The van der Waals surface area contributed by atoms with Crippen LogP contribution in [0, 0.1) is 5.92 Å². The average molecular weight is 155 g/mol. The zero-order valence-electron chi connectivity index (χ0n) is 6.62. The van der Waals surface area contributed by atoms with Gasteiger partial charge in [-0.3, -0.25) is 4.79 Å². The quantitative estimate of drug-likeness (QED) is 0.442. The Morgan fingerprint density at radius 3 is 3.00 bits per heavy atom. The summed E-state index contributed by atoms with van der Waals surface area (Å²) in [5, 5.41) is 0. The number of carbonyl (C=O) groups excluding carboxylic acids is 1. The van der Waals surface area contributed by atoms with Gasteiger partial charge in [-0.2, -0.15) is 0 Å². The Labute approximate surface area is 66.2 Å². The molecule has 0 aliphatic heterocycles. The van der Waals surface area contributed by atoms with Gasteiger partial charge in [-0.15, -0.1) is 0 Å². The number of hydrogen-bond acceptors (Lipinski definition) is 3. The van der Waals surface area contributed by atoms with Crippen molar-refractivity contribution in [3.8, 4) is 0 Å². The first kappa shape index (κ1) is 8.27. The zero-order valence-corrected chi connectivity index (χ0v) is 6.62. The highest BCUT2D eigenvalue weighted by Gasteiger charge is 2.21. The summed E-state index contributed by atoms with van der Waals surface area (Å²) in [5.41, 5.74) is 5.66. The van der Waals surface area contributed by atoms with Gasteiger partial charge in [-0.05, 0) is 12.8 Å². The lowest BCUT2D eigenvalue weighted by Crippen LogP contribution is -2.29. The Kier molecular flexibility index (Phi) is 2.65. The third-order valence-corrected chi connectivity index (χ3v) is 1.87. The normalized spacial score (nSPS) is 30.0. The molecule has 62 valence electrons. The second-order valence-corrected chi connectivity index (χ2v) is 2.79. The second kappa shape index (κ2) is 3.53. The smallest absolute Gasteiger partial charge is 0.312 e. The molecule has 0 radical (unpaired) electrons. The van der Waals surface area contributed by atoms with Crippen LogP contribution in [0.1, 0.15) is 12.8 Å². The maximum Gasteiger partial charge on any atom is 0.312 e. The molecule has 0 aromatic carbocycles. The lowest BCUT2D eigenvalue weighted by Gasteiger charge is -2.19. The van der Waals surface area contributed by atoms with Gasteiger partial charge < -0.3 is 10.5 Å². The van der Waals surface area contributed by atoms with Gasteiger partial charge in [0.05, 0.1) is 13.0 Å². The fourth-order valence-corrected chi connectivity index (χ4v) is 1.24. The molecule has 0 spiro atoms. The van der Waals surface area contributed by atoms with Crippen molar-refractivity contribution in [3.05, 3.63) is 12.2 Å². The van der Waals surface area contributed by atoms with Crippen molar-refractivity contribution < 1.29 is 9.53 Å². The van der Waals surface area contributed by atoms with E-state index >= 15 is 0 Å². The summed E-state index contributed by atoms with van der Waals surface area (Å²) in [4.78, 5) is 11.0. The Morgan fingerprint density at radius 1 is 1.73 bits per heavy atom. The first-order valence-electron chi connectivity index (χ1n) is 3.74. The van der Waals surface area contributed by atoms with Gasteiger partial charge >= 0.3 is 5.97 Å². The standard InChI is InChI=1S/C8H13NO2/c1-11-8(10)6-3-2-4-7(9)5-6/h2-3,6-7H,4-5,9H2,1H3/t6-,7+/m1/s1. The van der Waals surface area contributed by atoms with Gasteiger partial charge in [0.15, 0.2) is 0 Å². The maximum atomic E-state index is 11.0. The van der Waals surface area contributed by atoms with Gasteiger partial charge in [0.1, 0.15) is 0 Å². The third kappa shape index (κ3) is 2.05. The van der Waals surface area contributed by atoms with Gasteiger partial charge in [0, 0.05) is 6.04 Å². The van der Waals surface area contributed by atoms with Gasteiger partial charge in [0.2, 0.25) is 0 Å². The number of nitrogens with two attached hydrogens (primary N) is 1. The maximum absolute atomic E-state index is 11.0. The lowest BCUT2D eigenvalue weighted by atomic mass is 9.92. The summed E-state index contributed by atoms with van der Waals surface area (Å²) in [6.45, 7) is 0. The highest BCUT2D eigenvalue weighted by atomic mass is 16.5. The molecule has 1 aliphatic carbocycles. The van der Waals surface area contributed by atoms with Crippen molar-refractivity contribution in [2.45, 2.75) is 18.9 Å². The highest BCUT2D eigenvalue weighted by molar-refractivity contribution is 5.74. The minimum Gasteiger partial charge on any atom is -0.469 e. The molecule has 3 nitrogen and oxygen atoms in total. The van der Waals surface area contributed by atoms with Crippen molar-refractivity contribution in [3.63, 3.8) is 0 Å². The Hall–Kier alpha value is -0.830. The summed E-state index contributed by atoms with van der Waals surface area (Å²) in [6, 6.07) is 0.115. The zero-order chi connectivity index (χ0) is 8.27. The van der Waals surface area contributed by atoms with Crippen LogP contribution in [0.3, 0.4) is 0 Å². The van der Waals surface area contributed by atoms with E-state index in [4.69, 9.17) is 5.73 Å². The number of carbonyl (C=O) groups is 1. The molecule has 0 fully saturated rings. The average Bonchev–Trinajstić information content (AvgIpc) is 2.03. The largest absolute Gasteiger partial charge is 0.469 e. The van der Waals surface area contributed by atoms with E-state index < -0.39 is 0 Å². The molecule has 0 aromatic rings. The van der Waals surface area contributed by atoms with Crippen LogP contribution in [-0.2, 0) is 9.53 Å². The summed E-state index contributed by atoms with van der Waals surface area (Å²) in [6.07, 6.45) is 5.39. The minimum atomic E-state index is -0.184. The Bertz CT molecular complexity index is 177. The van der Waals surface area contributed by atoms with Crippen LogP contribution in [0.4, 0.5) is 0 Å². The van der Waals surface area contributed by atoms with Gasteiger partial charge in [-0.25, -0.2) is 0 Å². The van der Waals surface area contributed by atoms with E-state index in [0.717, 1.165) is 6.42 Å². The third-order valence-electron chi connectivity index (χ3n) is 1.87. The van der Waals surface area contributed by atoms with E-state index in [2.05, 4.69) is 4.74 Å². The molecule has 3 heteroatoms. The van der Waals surface area contributed by atoms with Crippen molar-refractivity contribution in [1.82, 2.24) is 0 Å². The van der Waals surface area contributed by atoms with Crippen LogP contribution < -0.4 is 5.73 Å². The lowest BCUT2D eigenvalue weighted by molar-refractivity contribution is -0.144. The highest BCUT2D eigenvalue weighted by Crippen LogP contribution is 2.17. The molecule has 1 rings (SSSR count). The topological polar surface area (TPSA) is 52.3 Å². The van der Waals surface area contributed by atoms with E-state index in [0.29, 0.717) is 6.42 Å². The number of methoxy groups -OCH3 is 1. The number of ether oxygens (including phenoxy) is 1. The van der Waals surface area contributed by atoms with Gasteiger partial charge in [-0.1, -0.05) is 12.2 Å². The van der Waals surface area contributed by atoms with Crippen LogP contribution in [0.5, 0.6) is 0 Å². The molecule has 0 amide bonds. The van der Waals surface area contributed by atoms with Crippen molar-refractivity contribution >= 4 is 5.97 Å². The molecule has 2 atom stereocenters. The molecular weight excluding hydrogens is 142 g/mol. The van der Waals surface area contributed by atoms with Crippen LogP contribution in [-0.4, -0.2) is 19.1 Å². The van der Waals surface area contributed by atoms with Crippen molar-refractivity contribution in [2.24, 2.45) is 11.7 Å². The first-order valence-corrected chi connectivity index (χ1v) is 3.74. The number of hydrogen-bond donors (Lipinski definition) is 1. The molecule has 2 N–H and O–H groups in total. The second-order valence-electron chi connectivity index (χ2n) is 2.79. The van der Waals surface area contributed by atoms with E-state index in [1.54, 1.807) is 0 Å². The van der Waals surface area contributed by atoms with Crippen molar-refractivity contribution in [2.75, 3.05) is 7.11 Å². The van der Waals surface area contributed by atoms with E-state index in [-0.39, 0.29) is 17.9 Å². The van der Waals surface area contributed by atoms with Crippen LogP contribution in [0.25, 0.3) is 0 Å². The summed E-state index contributed by atoms with van der Waals surface area (Å²) >= 11 is 0. The summed E-state index contributed by atoms with van der Waals surface area (Å²) < 4.78 is 4.59. The minimum absolute atomic E-state index is 0.115. The molecule has 1 aliphatic rings. The van der Waals surface area contributed by atoms with Gasteiger partial charge in [0.25, 0.3) is 0 Å². The molecular formula is C8H13NO2. The summed E-state index contributed by atoms with van der Waals surface area (Å²) in [5.74, 6) is -0.305. The Balaban J connectivity index is 2.52. The molecule has 0 bridgehead atoms. The molecule has 0 saturated carbocycles. The van der Waals surface area contributed by atoms with Crippen LogP contribution in [0.2, 0.25) is 0 Å². The Morgan fingerprint density at radius 2 is 2.45 bits per heavy atom. The first-order chi connectivity index (χ1) is 5.24.